The number of fused-ring (bicyclic) bond motifs is 1. The quantitative estimate of drug-likeness (QED) is 0.910. The summed E-state index contributed by atoms with van der Waals surface area (Å²) in [6.45, 7) is 5.15. The van der Waals surface area contributed by atoms with E-state index in [1.807, 2.05) is 11.8 Å². The van der Waals surface area contributed by atoms with Crippen LogP contribution in [0.2, 0.25) is 0 Å². The highest BCUT2D eigenvalue weighted by atomic mass is 32.2. The van der Waals surface area contributed by atoms with E-state index < -0.39 is 0 Å². The van der Waals surface area contributed by atoms with Gasteiger partial charge in [-0.3, -0.25) is 0 Å². The lowest BCUT2D eigenvalue weighted by Crippen LogP contribution is -2.09. The average Bonchev–Trinajstić information content (AvgIpc) is 2.80. The first-order valence-corrected chi connectivity index (χ1v) is 8.78. The highest BCUT2D eigenvalue weighted by molar-refractivity contribution is 7.99. The first kappa shape index (κ1) is 13.2. The molecule has 1 N–H and O–H groups in total. The van der Waals surface area contributed by atoms with Crippen LogP contribution in [0.3, 0.4) is 0 Å². The Morgan fingerprint density at radius 3 is 3.00 bits per heavy atom. The van der Waals surface area contributed by atoms with E-state index in [0.717, 1.165) is 23.0 Å². The van der Waals surface area contributed by atoms with Crippen molar-refractivity contribution in [1.29, 1.82) is 0 Å². The highest BCUT2D eigenvalue weighted by Gasteiger charge is 2.21. The van der Waals surface area contributed by atoms with Gasteiger partial charge >= 0.3 is 0 Å². The first-order chi connectivity index (χ1) is 9.28. The summed E-state index contributed by atoms with van der Waals surface area (Å²) in [5.41, 5.74) is 0. The molecule has 102 valence electrons. The van der Waals surface area contributed by atoms with Gasteiger partial charge in [-0.25, -0.2) is 9.97 Å². The SMILES string of the molecule is CCNc1nc(C2CCCCS2)nc2sc(C)cc12. The molecule has 1 unspecified atom stereocenters. The molecule has 5 heteroatoms. The van der Waals surface area contributed by atoms with Crippen molar-refractivity contribution in [2.45, 2.75) is 38.4 Å². The van der Waals surface area contributed by atoms with Crippen molar-refractivity contribution < 1.29 is 0 Å². The third-order valence-corrected chi connectivity index (χ3v) is 5.66. The zero-order valence-corrected chi connectivity index (χ0v) is 13.0. The summed E-state index contributed by atoms with van der Waals surface area (Å²) in [4.78, 5) is 12.0. The fourth-order valence-electron chi connectivity index (χ4n) is 2.45. The van der Waals surface area contributed by atoms with E-state index in [4.69, 9.17) is 9.97 Å². The van der Waals surface area contributed by atoms with Gasteiger partial charge in [0.1, 0.15) is 16.5 Å². The number of thiophene rings is 1. The molecule has 3 heterocycles. The van der Waals surface area contributed by atoms with Crippen molar-refractivity contribution in [2.75, 3.05) is 17.6 Å². The van der Waals surface area contributed by atoms with E-state index in [1.54, 1.807) is 11.3 Å². The van der Waals surface area contributed by atoms with Crippen LogP contribution < -0.4 is 5.32 Å². The second-order valence-corrected chi connectivity index (χ2v) is 7.44. The van der Waals surface area contributed by atoms with Gasteiger partial charge in [-0.15, -0.1) is 11.3 Å². The molecular formula is C14H19N3S2. The van der Waals surface area contributed by atoms with Crippen molar-refractivity contribution in [3.8, 4) is 0 Å². The van der Waals surface area contributed by atoms with Crippen LogP contribution in [0.15, 0.2) is 6.07 Å². The lowest BCUT2D eigenvalue weighted by atomic mass is 10.2. The molecule has 0 saturated carbocycles. The normalized spacial score (nSPS) is 19.8. The van der Waals surface area contributed by atoms with Crippen molar-refractivity contribution >= 4 is 39.1 Å². The van der Waals surface area contributed by atoms with E-state index in [-0.39, 0.29) is 0 Å². The molecular weight excluding hydrogens is 274 g/mol. The van der Waals surface area contributed by atoms with Crippen LogP contribution in [0.1, 0.15) is 42.1 Å². The fraction of sp³-hybridized carbons (Fsp3) is 0.571. The number of hydrogen-bond acceptors (Lipinski definition) is 5. The zero-order valence-electron chi connectivity index (χ0n) is 11.4. The van der Waals surface area contributed by atoms with E-state index in [2.05, 4.69) is 25.2 Å². The van der Waals surface area contributed by atoms with Gasteiger partial charge in [-0.05, 0) is 38.5 Å². The largest absolute Gasteiger partial charge is 0.370 e. The summed E-state index contributed by atoms with van der Waals surface area (Å²) in [7, 11) is 0. The average molecular weight is 293 g/mol. The zero-order chi connectivity index (χ0) is 13.2. The minimum absolute atomic E-state index is 0.484. The van der Waals surface area contributed by atoms with E-state index in [0.29, 0.717) is 5.25 Å². The van der Waals surface area contributed by atoms with Gasteiger partial charge in [0, 0.05) is 11.4 Å². The Kier molecular flexibility index (Phi) is 3.93. The molecule has 0 spiro atoms. The van der Waals surface area contributed by atoms with Crippen molar-refractivity contribution in [3.63, 3.8) is 0 Å². The molecule has 1 fully saturated rings. The topological polar surface area (TPSA) is 37.8 Å². The molecule has 3 nitrogen and oxygen atoms in total. The third-order valence-electron chi connectivity index (χ3n) is 3.35. The van der Waals surface area contributed by atoms with Gasteiger partial charge < -0.3 is 5.32 Å². The standard InChI is InChI=1S/C14H19N3S2/c1-3-15-12-10-8-9(2)19-14(10)17-13(16-12)11-6-4-5-7-18-11/h8,11H,3-7H2,1-2H3,(H,15,16,17). The molecule has 3 rings (SSSR count). The Hall–Kier alpha value is -0.810. The molecule has 19 heavy (non-hydrogen) atoms. The van der Waals surface area contributed by atoms with Crippen molar-refractivity contribution in [3.05, 3.63) is 16.8 Å². The van der Waals surface area contributed by atoms with Crippen molar-refractivity contribution in [2.24, 2.45) is 0 Å². The van der Waals surface area contributed by atoms with Crippen LogP contribution >= 0.6 is 23.1 Å². The van der Waals surface area contributed by atoms with Crippen LogP contribution in [0.4, 0.5) is 5.82 Å². The van der Waals surface area contributed by atoms with E-state index in [1.165, 1.54) is 35.3 Å². The predicted octanol–water partition coefficient (Wildman–Crippen LogP) is 4.39. The van der Waals surface area contributed by atoms with Gasteiger partial charge in [-0.2, -0.15) is 11.8 Å². The second kappa shape index (κ2) is 5.67. The van der Waals surface area contributed by atoms with E-state index >= 15 is 0 Å². The van der Waals surface area contributed by atoms with Crippen LogP contribution in [0, 0.1) is 6.92 Å². The molecule has 1 atom stereocenters. The maximum Gasteiger partial charge on any atom is 0.145 e. The molecule has 1 aliphatic heterocycles. The van der Waals surface area contributed by atoms with Gasteiger partial charge in [0.15, 0.2) is 0 Å². The molecule has 0 bridgehead atoms. The lowest BCUT2D eigenvalue weighted by Gasteiger charge is -2.20. The van der Waals surface area contributed by atoms with Gasteiger partial charge in [0.25, 0.3) is 0 Å². The fourth-order valence-corrected chi connectivity index (χ4v) is 4.58. The summed E-state index contributed by atoms with van der Waals surface area (Å²) in [5, 5.41) is 5.05. The Bertz CT molecular complexity index is 573. The number of rotatable bonds is 3. The minimum atomic E-state index is 0.484. The molecule has 1 saturated heterocycles. The minimum Gasteiger partial charge on any atom is -0.370 e. The van der Waals surface area contributed by atoms with Gasteiger partial charge in [0.05, 0.1) is 10.6 Å². The smallest absolute Gasteiger partial charge is 0.145 e. The second-order valence-electron chi connectivity index (χ2n) is 4.89. The molecule has 1 aliphatic rings. The molecule has 0 aliphatic carbocycles. The number of thioether (sulfide) groups is 1. The van der Waals surface area contributed by atoms with Crippen molar-refractivity contribution in [1.82, 2.24) is 9.97 Å². The Labute approximate surface area is 122 Å². The molecule has 0 amide bonds. The summed E-state index contributed by atoms with van der Waals surface area (Å²) in [5.74, 6) is 3.28. The van der Waals surface area contributed by atoms with Gasteiger partial charge in [-0.1, -0.05) is 6.42 Å². The summed E-state index contributed by atoms with van der Waals surface area (Å²) in [6, 6.07) is 2.19. The Morgan fingerprint density at radius 1 is 1.37 bits per heavy atom. The van der Waals surface area contributed by atoms with Gasteiger partial charge in [0.2, 0.25) is 0 Å². The predicted molar refractivity (Wildman–Crippen MR) is 85.4 cm³/mol. The maximum atomic E-state index is 4.81. The first-order valence-electron chi connectivity index (χ1n) is 6.91. The van der Waals surface area contributed by atoms with Crippen LogP contribution in [-0.4, -0.2) is 22.3 Å². The van der Waals surface area contributed by atoms with Crippen LogP contribution in [-0.2, 0) is 0 Å². The summed E-state index contributed by atoms with van der Waals surface area (Å²) in [6.07, 6.45) is 3.85. The Morgan fingerprint density at radius 2 is 2.26 bits per heavy atom. The number of anilines is 1. The number of aromatic nitrogens is 2. The third kappa shape index (κ3) is 2.72. The number of aryl methyl sites for hydroxylation is 1. The molecule has 2 aromatic heterocycles. The number of nitrogens with one attached hydrogen (secondary N) is 1. The Balaban J connectivity index is 2.04. The monoisotopic (exact) mass is 293 g/mol. The molecule has 0 aromatic carbocycles. The highest BCUT2D eigenvalue weighted by Crippen LogP contribution is 2.39. The lowest BCUT2D eigenvalue weighted by molar-refractivity contribution is 0.665. The van der Waals surface area contributed by atoms with Crippen LogP contribution in [0.5, 0.6) is 0 Å². The summed E-state index contributed by atoms with van der Waals surface area (Å²) >= 11 is 3.78. The molecule has 2 aromatic rings. The van der Waals surface area contributed by atoms with Crippen LogP contribution in [0.25, 0.3) is 10.2 Å². The number of hydrogen-bond donors (Lipinski definition) is 1. The molecule has 0 radical (unpaired) electrons. The maximum absolute atomic E-state index is 4.81. The summed E-state index contributed by atoms with van der Waals surface area (Å²) < 4.78 is 0. The van der Waals surface area contributed by atoms with E-state index in [9.17, 15) is 0 Å². The number of nitrogens with zero attached hydrogens (tertiary/aromatic N) is 2.